The summed E-state index contributed by atoms with van der Waals surface area (Å²) in [5, 5.41) is 6.92. The molecule has 1 aromatic heterocycles. The molecule has 0 spiro atoms. The van der Waals surface area contributed by atoms with Crippen molar-refractivity contribution in [1.82, 2.24) is 5.16 Å². The summed E-state index contributed by atoms with van der Waals surface area (Å²) in [5.41, 5.74) is 7.61. The first-order valence-corrected chi connectivity index (χ1v) is 7.51. The SMILES string of the molecule is Cc1cc(CNc2ccc(S(C)(=O)=O)cc2N)no1. The van der Waals surface area contributed by atoms with Crippen molar-refractivity contribution in [1.29, 1.82) is 0 Å². The summed E-state index contributed by atoms with van der Waals surface area (Å²) >= 11 is 0. The van der Waals surface area contributed by atoms with E-state index >= 15 is 0 Å². The molecule has 0 atom stereocenters. The van der Waals surface area contributed by atoms with Gasteiger partial charge in [0.1, 0.15) is 11.5 Å². The van der Waals surface area contributed by atoms with Gasteiger partial charge in [0.15, 0.2) is 9.84 Å². The molecule has 0 radical (unpaired) electrons. The number of hydrogen-bond donors (Lipinski definition) is 2. The molecule has 0 saturated heterocycles. The van der Waals surface area contributed by atoms with E-state index in [9.17, 15) is 8.42 Å². The zero-order chi connectivity index (χ0) is 14.0. The fraction of sp³-hybridized carbons (Fsp3) is 0.250. The van der Waals surface area contributed by atoms with Crippen LogP contribution in [0.25, 0.3) is 0 Å². The van der Waals surface area contributed by atoms with Gasteiger partial charge in [0, 0.05) is 12.3 Å². The van der Waals surface area contributed by atoms with E-state index in [1.165, 1.54) is 12.1 Å². The lowest BCUT2D eigenvalue weighted by Gasteiger charge is -2.09. The van der Waals surface area contributed by atoms with Crippen molar-refractivity contribution in [3.63, 3.8) is 0 Å². The van der Waals surface area contributed by atoms with Gasteiger partial charge in [-0.15, -0.1) is 0 Å². The Labute approximate surface area is 111 Å². The molecule has 2 aromatic rings. The molecule has 7 heteroatoms. The van der Waals surface area contributed by atoms with E-state index in [2.05, 4.69) is 10.5 Å². The molecule has 0 aliphatic heterocycles. The molecule has 0 amide bonds. The quantitative estimate of drug-likeness (QED) is 0.826. The van der Waals surface area contributed by atoms with Crippen molar-refractivity contribution < 1.29 is 12.9 Å². The zero-order valence-corrected chi connectivity index (χ0v) is 11.5. The van der Waals surface area contributed by atoms with Crippen LogP contribution in [0.2, 0.25) is 0 Å². The van der Waals surface area contributed by atoms with E-state index < -0.39 is 9.84 Å². The van der Waals surface area contributed by atoms with Gasteiger partial charge in [-0.2, -0.15) is 0 Å². The van der Waals surface area contributed by atoms with Crippen molar-refractivity contribution in [2.45, 2.75) is 18.4 Å². The Hall–Kier alpha value is -2.02. The molecule has 3 N–H and O–H groups in total. The second kappa shape index (κ2) is 4.93. The van der Waals surface area contributed by atoms with E-state index in [0.29, 0.717) is 17.9 Å². The fourth-order valence-electron chi connectivity index (χ4n) is 1.62. The molecule has 0 aliphatic carbocycles. The highest BCUT2D eigenvalue weighted by Gasteiger charge is 2.09. The minimum absolute atomic E-state index is 0.202. The number of benzene rings is 1. The van der Waals surface area contributed by atoms with Crippen LogP contribution in [-0.2, 0) is 16.4 Å². The molecule has 0 saturated carbocycles. The molecule has 0 unspecified atom stereocenters. The summed E-state index contributed by atoms with van der Waals surface area (Å²) in [5.74, 6) is 0.734. The number of hydrogen-bond acceptors (Lipinski definition) is 6. The van der Waals surface area contributed by atoms with Crippen LogP contribution in [0.5, 0.6) is 0 Å². The largest absolute Gasteiger partial charge is 0.397 e. The van der Waals surface area contributed by atoms with E-state index in [4.69, 9.17) is 10.3 Å². The van der Waals surface area contributed by atoms with Crippen LogP contribution in [0, 0.1) is 6.92 Å². The molecular formula is C12H15N3O3S. The van der Waals surface area contributed by atoms with Gasteiger partial charge in [-0.25, -0.2) is 8.42 Å². The third kappa shape index (κ3) is 3.25. The van der Waals surface area contributed by atoms with Gasteiger partial charge in [-0.05, 0) is 25.1 Å². The Morgan fingerprint density at radius 2 is 2.11 bits per heavy atom. The molecule has 0 fully saturated rings. The predicted octanol–water partition coefficient (Wildman–Crippen LogP) is 1.58. The number of rotatable bonds is 4. The maximum absolute atomic E-state index is 11.4. The van der Waals surface area contributed by atoms with Crippen molar-refractivity contribution in [2.24, 2.45) is 0 Å². The number of nitrogens with one attached hydrogen (secondary N) is 1. The van der Waals surface area contributed by atoms with Gasteiger partial charge in [-0.3, -0.25) is 0 Å². The van der Waals surface area contributed by atoms with Crippen LogP contribution in [0.4, 0.5) is 11.4 Å². The summed E-state index contributed by atoms with van der Waals surface area (Å²) < 4.78 is 27.7. The second-order valence-electron chi connectivity index (χ2n) is 4.30. The summed E-state index contributed by atoms with van der Waals surface area (Å²) in [4.78, 5) is 0.202. The summed E-state index contributed by atoms with van der Waals surface area (Å²) in [7, 11) is -3.24. The monoisotopic (exact) mass is 281 g/mol. The Balaban J connectivity index is 2.14. The van der Waals surface area contributed by atoms with E-state index in [0.717, 1.165) is 17.7 Å². The van der Waals surface area contributed by atoms with Crippen LogP contribution in [0.1, 0.15) is 11.5 Å². The summed E-state index contributed by atoms with van der Waals surface area (Å²) in [6, 6.07) is 6.40. The fourth-order valence-corrected chi connectivity index (χ4v) is 2.28. The average molecular weight is 281 g/mol. The van der Waals surface area contributed by atoms with Crippen molar-refractivity contribution in [3.05, 3.63) is 35.7 Å². The first-order chi connectivity index (χ1) is 8.86. The highest BCUT2D eigenvalue weighted by molar-refractivity contribution is 7.90. The standard InChI is InChI=1S/C12H15N3O3S/c1-8-5-9(15-18-8)7-14-12-4-3-10(6-11(12)13)19(2,16)17/h3-6,14H,7,13H2,1-2H3. The van der Waals surface area contributed by atoms with Crippen LogP contribution in [0.15, 0.2) is 33.7 Å². The first-order valence-electron chi connectivity index (χ1n) is 5.62. The van der Waals surface area contributed by atoms with E-state index in [1.807, 2.05) is 13.0 Å². The zero-order valence-electron chi connectivity index (χ0n) is 10.7. The number of anilines is 2. The molecule has 1 heterocycles. The van der Waals surface area contributed by atoms with Crippen LogP contribution < -0.4 is 11.1 Å². The first kappa shape index (κ1) is 13.4. The number of nitrogen functional groups attached to an aromatic ring is 1. The van der Waals surface area contributed by atoms with Gasteiger partial charge in [-0.1, -0.05) is 5.16 Å². The molecule has 102 valence electrons. The minimum atomic E-state index is -3.24. The lowest BCUT2D eigenvalue weighted by Crippen LogP contribution is -2.04. The highest BCUT2D eigenvalue weighted by Crippen LogP contribution is 2.23. The molecule has 19 heavy (non-hydrogen) atoms. The smallest absolute Gasteiger partial charge is 0.175 e. The number of aryl methyl sites for hydroxylation is 1. The predicted molar refractivity (Wildman–Crippen MR) is 72.5 cm³/mol. The minimum Gasteiger partial charge on any atom is -0.397 e. The Kier molecular flexibility index (Phi) is 3.48. The average Bonchev–Trinajstić information content (AvgIpc) is 2.72. The lowest BCUT2D eigenvalue weighted by atomic mass is 10.2. The Morgan fingerprint density at radius 1 is 1.37 bits per heavy atom. The normalized spacial score (nSPS) is 11.5. The third-order valence-corrected chi connectivity index (χ3v) is 3.70. The molecule has 6 nitrogen and oxygen atoms in total. The maximum Gasteiger partial charge on any atom is 0.175 e. The molecule has 1 aromatic carbocycles. The Morgan fingerprint density at radius 3 is 2.63 bits per heavy atom. The lowest BCUT2D eigenvalue weighted by molar-refractivity contribution is 0.391. The van der Waals surface area contributed by atoms with Gasteiger partial charge in [0.2, 0.25) is 0 Å². The maximum atomic E-state index is 11.4. The number of nitrogens with two attached hydrogens (primary N) is 1. The second-order valence-corrected chi connectivity index (χ2v) is 6.32. The van der Waals surface area contributed by atoms with Crippen molar-refractivity contribution in [2.75, 3.05) is 17.3 Å². The van der Waals surface area contributed by atoms with E-state index in [1.54, 1.807) is 6.07 Å². The van der Waals surface area contributed by atoms with Gasteiger partial charge in [0.05, 0.1) is 22.8 Å². The molecule has 0 aliphatic rings. The summed E-state index contributed by atoms with van der Waals surface area (Å²) in [6.07, 6.45) is 1.15. The Bertz CT molecular complexity index is 692. The number of sulfone groups is 1. The summed E-state index contributed by atoms with van der Waals surface area (Å²) in [6.45, 7) is 2.27. The van der Waals surface area contributed by atoms with Crippen molar-refractivity contribution in [3.8, 4) is 0 Å². The number of aromatic nitrogens is 1. The van der Waals surface area contributed by atoms with Crippen LogP contribution in [-0.4, -0.2) is 19.8 Å². The van der Waals surface area contributed by atoms with Crippen LogP contribution in [0.3, 0.4) is 0 Å². The van der Waals surface area contributed by atoms with Gasteiger partial charge < -0.3 is 15.6 Å². The van der Waals surface area contributed by atoms with Gasteiger partial charge >= 0.3 is 0 Å². The molecule has 0 bridgehead atoms. The number of nitrogens with zero attached hydrogens (tertiary/aromatic N) is 1. The molecule has 2 rings (SSSR count). The molecular weight excluding hydrogens is 266 g/mol. The van der Waals surface area contributed by atoms with E-state index in [-0.39, 0.29) is 4.90 Å². The topological polar surface area (TPSA) is 98.2 Å². The van der Waals surface area contributed by atoms with Gasteiger partial charge in [0.25, 0.3) is 0 Å². The highest BCUT2D eigenvalue weighted by atomic mass is 32.2. The third-order valence-electron chi connectivity index (χ3n) is 2.59. The van der Waals surface area contributed by atoms with Crippen molar-refractivity contribution >= 4 is 21.2 Å². The van der Waals surface area contributed by atoms with Crippen LogP contribution >= 0.6 is 0 Å².